The first kappa shape index (κ1) is 9.80. The van der Waals surface area contributed by atoms with Gasteiger partial charge in [-0.2, -0.15) is 4.98 Å². The minimum Gasteiger partial charge on any atom is -0.432 e. The van der Waals surface area contributed by atoms with Crippen LogP contribution in [0.3, 0.4) is 0 Å². The predicted molar refractivity (Wildman–Crippen MR) is 53.7 cm³/mol. The van der Waals surface area contributed by atoms with Crippen LogP contribution >= 0.6 is 11.6 Å². The molecule has 78 valence electrons. The SMILES string of the molecule is COC1CCN(c2nc(CCl)co2)C1. The molecular weight excluding hydrogens is 204 g/mol. The molecule has 14 heavy (non-hydrogen) atoms. The highest BCUT2D eigenvalue weighted by Gasteiger charge is 2.25. The molecule has 1 unspecified atom stereocenters. The van der Waals surface area contributed by atoms with Gasteiger partial charge in [0.05, 0.1) is 17.7 Å². The molecule has 0 aliphatic carbocycles. The molecule has 1 saturated heterocycles. The van der Waals surface area contributed by atoms with Gasteiger partial charge in [-0.1, -0.05) is 0 Å². The summed E-state index contributed by atoms with van der Waals surface area (Å²) in [6.07, 6.45) is 2.92. The molecule has 1 aromatic heterocycles. The second kappa shape index (κ2) is 4.19. The van der Waals surface area contributed by atoms with E-state index in [-0.39, 0.29) is 0 Å². The zero-order valence-corrected chi connectivity index (χ0v) is 8.83. The number of alkyl halides is 1. The molecular formula is C9H13ClN2O2. The van der Waals surface area contributed by atoms with E-state index in [4.69, 9.17) is 20.8 Å². The average Bonchev–Trinajstić information content (AvgIpc) is 2.86. The zero-order valence-electron chi connectivity index (χ0n) is 8.07. The molecule has 1 fully saturated rings. The van der Waals surface area contributed by atoms with Crippen LogP contribution in [0.4, 0.5) is 6.01 Å². The summed E-state index contributed by atoms with van der Waals surface area (Å²) in [5.41, 5.74) is 0.780. The lowest BCUT2D eigenvalue weighted by Gasteiger charge is -2.12. The van der Waals surface area contributed by atoms with E-state index in [9.17, 15) is 0 Å². The van der Waals surface area contributed by atoms with Gasteiger partial charge in [0.25, 0.3) is 6.01 Å². The first-order chi connectivity index (χ1) is 6.83. The number of methoxy groups -OCH3 is 1. The van der Waals surface area contributed by atoms with Gasteiger partial charge in [0.2, 0.25) is 0 Å². The summed E-state index contributed by atoms with van der Waals surface area (Å²) in [6, 6.07) is 0.653. The number of nitrogens with zero attached hydrogens (tertiary/aromatic N) is 2. The fourth-order valence-electron chi connectivity index (χ4n) is 1.60. The quantitative estimate of drug-likeness (QED) is 0.720. The highest BCUT2D eigenvalue weighted by atomic mass is 35.5. The fraction of sp³-hybridized carbons (Fsp3) is 0.667. The van der Waals surface area contributed by atoms with Crippen molar-refractivity contribution in [3.8, 4) is 0 Å². The maximum atomic E-state index is 5.64. The Kier molecular flexibility index (Phi) is 2.93. The van der Waals surface area contributed by atoms with Crippen molar-refractivity contribution >= 4 is 17.6 Å². The van der Waals surface area contributed by atoms with Gasteiger partial charge in [0.1, 0.15) is 6.26 Å². The minimum atomic E-state index is 0.293. The summed E-state index contributed by atoms with van der Waals surface area (Å²) in [6.45, 7) is 1.78. The monoisotopic (exact) mass is 216 g/mol. The third kappa shape index (κ3) is 1.86. The van der Waals surface area contributed by atoms with Crippen molar-refractivity contribution in [1.82, 2.24) is 4.98 Å². The predicted octanol–water partition coefficient (Wildman–Crippen LogP) is 1.64. The molecule has 2 heterocycles. The van der Waals surface area contributed by atoms with E-state index in [1.165, 1.54) is 0 Å². The molecule has 0 bridgehead atoms. The maximum absolute atomic E-state index is 5.64. The average molecular weight is 217 g/mol. The summed E-state index contributed by atoms with van der Waals surface area (Å²) < 4.78 is 10.6. The van der Waals surface area contributed by atoms with Gasteiger partial charge in [-0.3, -0.25) is 0 Å². The van der Waals surface area contributed by atoms with E-state index in [1.807, 2.05) is 0 Å². The van der Waals surface area contributed by atoms with Gasteiger partial charge in [0.15, 0.2) is 0 Å². The Hall–Kier alpha value is -0.740. The van der Waals surface area contributed by atoms with Gasteiger partial charge in [-0.05, 0) is 6.42 Å². The van der Waals surface area contributed by atoms with E-state index >= 15 is 0 Å². The number of anilines is 1. The van der Waals surface area contributed by atoms with Gasteiger partial charge in [-0.15, -0.1) is 11.6 Å². The maximum Gasteiger partial charge on any atom is 0.297 e. The molecule has 1 atom stereocenters. The van der Waals surface area contributed by atoms with Crippen molar-refractivity contribution in [3.05, 3.63) is 12.0 Å². The number of ether oxygens (including phenoxy) is 1. The summed E-state index contributed by atoms with van der Waals surface area (Å²) in [4.78, 5) is 6.32. The van der Waals surface area contributed by atoms with Crippen LogP contribution in [-0.4, -0.2) is 31.3 Å². The number of hydrogen-bond acceptors (Lipinski definition) is 4. The molecule has 0 aromatic carbocycles. The summed E-state index contributed by atoms with van der Waals surface area (Å²) in [5.74, 6) is 0.394. The normalized spacial score (nSPS) is 21.9. The second-order valence-electron chi connectivity index (χ2n) is 3.35. The number of rotatable bonds is 3. The first-order valence-corrected chi connectivity index (χ1v) is 5.15. The summed E-state index contributed by atoms with van der Waals surface area (Å²) >= 11 is 5.64. The summed E-state index contributed by atoms with van der Waals surface area (Å²) in [5, 5.41) is 0. The van der Waals surface area contributed by atoms with Gasteiger partial charge in [0, 0.05) is 20.2 Å². The van der Waals surface area contributed by atoms with Crippen LogP contribution in [0.15, 0.2) is 10.7 Å². The molecule has 1 aromatic rings. The van der Waals surface area contributed by atoms with Crippen LogP contribution < -0.4 is 4.90 Å². The fourth-order valence-corrected chi connectivity index (χ4v) is 1.72. The molecule has 0 N–H and O–H groups in total. The van der Waals surface area contributed by atoms with E-state index in [2.05, 4.69) is 9.88 Å². The molecule has 0 radical (unpaired) electrons. The smallest absolute Gasteiger partial charge is 0.297 e. The van der Waals surface area contributed by atoms with Crippen molar-refractivity contribution in [1.29, 1.82) is 0 Å². The molecule has 0 spiro atoms. The standard InChI is InChI=1S/C9H13ClN2O2/c1-13-8-2-3-12(5-8)9-11-7(4-10)6-14-9/h6,8H,2-5H2,1H3. The topological polar surface area (TPSA) is 38.5 Å². The van der Waals surface area contributed by atoms with Crippen molar-refractivity contribution in [2.24, 2.45) is 0 Å². The summed E-state index contributed by atoms with van der Waals surface area (Å²) in [7, 11) is 1.73. The van der Waals surface area contributed by atoms with Crippen LogP contribution in [0.2, 0.25) is 0 Å². The molecule has 0 saturated carbocycles. The Labute approximate surface area is 87.8 Å². The van der Waals surface area contributed by atoms with Gasteiger partial charge < -0.3 is 14.1 Å². The van der Waals surface area contributed by atoms with E-state index < -0.39 is 0 Å². The van der Waals surface area contributed by atoms with Gasteiger partial charge >= 0.3 is 0 Å². The van der Waals surface area contributed by atoms with Crippen molar-refractivity contribution < 1.29 is 9.15 Å². The molecule has 1 aliphatic rings. The number of hydrogen-bond donors (Lipinski definition) is 0. The lowest BCUT2D eigenvalue weighted by Crippen LogP contribution is -2.22. The van der Waals surface area contributed by atoms with E-state index in [0.717, 1.165) is 25.2 Å². The highest BCUT2D eigenvalue weighted by Crippen LogP contribution is 2.21. The third-order valence-corrected chi connectivity index (χ3v) is 2.70. The highest BCUT2D eigenvalue weighted by molar-refractivity contribution is 6.16. The lowest BCUT2D eigenvalue weighted by atomic mass is 10.3. The molecule has 4 nitrogen and oxygen atoms in total. The molecule has 5 heteroatoms. The Morgan fingerprint density at radius 1 is 1.79 bits per heavy atom. The van der Waals surface area contributed by atoms with E-state index in [0.29, 0.717) is 18.0 Å². The van der Waals surface area contributed by atoms with Crippen LogP contribution in [0.1, 0.15) is 12.1 Å². The Morgan fingerprint density at radius 2 is 2.64 bits per heavy atom. The van der Waals surface area contributed by atoms with Crippen molar-refractivity contribution in [3.63, 3.8) is 0 Å². The second-order valence-corrected chi connectivity index (χ2v) is 3.61. The lowest BCUT2D eigenvalue weighted by molar-refractivity contribution is 0.121. The number of oxazole rings is 1. The van der Waals surface area contributed by atoms with Crippen LogP contribution in [0.5, 0.6) is 0 Å². The Balaban J connectivity index is 2.02. The van der Waals surface area contributed by atoms with E-state index in [1.54, 1.807) is 13.4 Å². The number of aromatic nitrogens is 1. The van der Waals surface area contributed by atoms with Crippen molar-refractivity contribution in [2.75, 3.05) is 25.1 Å². The number of halogens is 1. The first-order valence-electron chi connectivity index (χ1n) is 4.61. The zero-order chi connectivity index (χ0) is 9.97. The minimum absolute atomic E-state index is 0.293. The van der Waals surface area contributed by atoms with Crippen LogP contribution in [0, 0.1) is 0 Å². The van der Waals surface area contributed by atoms with Crippen molar-refractivity contribution in [2.45, 2.75) is 18.4 Å². The Morgan fingerprint density at radius 3 is 3.21 bits per heavy atom. The molecule has 0 amide bonds. The van der Waals surface area contributed by atoms with Gasteiger partial charge in [-0.25, -0.2) is 0 Å². The molecule has 2 rings (SSSR count). The van der Waals surface area contributed by atoms with Crippen LogP contribution in [0.25, 0.3) is 0 Å². The third-order valence-electron chi connectivity index (χ3n) is 2.43. The van der Waals surface area contributed by atoms with Crippen LogP contribution in [-0.2, 0) is 10.6 Å². The Bertz CT molecular complexity index is 303. The largest absolute Gasteiger partial charge is 0.432 e. The molecule has 1 aliphatic heterocycles.